The number of hydrogen-bond donors (Lipinski definition) is 1. The number of carbonyl (C=O) groups excluding carboxylic acids is 2. The minimum absolute atomic E-state index is 0.0267. The summed E-state index contributed by atoms with van der Waals surface area (Å²) in [5, 5.41) is 2.66. The van der Waals surface area contributed by atoms with E-state index >= 15 is 0 Å². The third kappa shape index (κ3) is 6.21. The summed E-state index contributed by atoms with van der Waals surface area (Å²) in [6.07, 6.45) is 0. The molecule has 0 heterocycles. The van der Waals surface area contributed by atoms with Crippen molar-refractivity contribution < 1.29 is 27.5 Å². The number of nitrogens with zero attached hydrogens (tertiary/aromatic N) is 1. The molecule has 8 nitrogen and oxygen atoms in total. The molecule has 0 aliphatic heterocycles. The molecule has 1 amide bonds. The lowest BCUT2D eigenvalue weighted by atomic mass is 10.2. The van der Waals surface area contributed by atoms with Gasteiger partial charge in [-0.15, -0.1) is 0 Å². The van der Waals surface area contributed by atoms with E-state index in [4.69, 9.17) is 9.47 Å². The number of esters is 1. The first-order chi connectivity index (χ1) is 16.2. The van der Waals surface area contributed by atoms with Gasteiger partial charge < -0.3 is 14.8 Å². The number of amides is 1. The summed E-state index contributed by atoms with van der Waals surface area (Å²) >= 11 is 0. The van der Waals surface area contributed by atoms with Gasteiger partial charge in [-0.05, 0) is 56.3 Å². The van der Waals surface area contributed by atoms with E-state index in [1.807, 2.05) is 18.2 Å². The standard InChI is InChI=1S/C25H26N2O6S/c1-18(2)27(3)34(30,31)21-13-9-10-19(16-21)25(29)32-17-24(28)26-22-14-7-8-15-23(22)33-20-11-5-4-6-12-20/h4-16,18H,17H2,1-3H3,(H,26,28). The van der Waals surface area contributed by atoms with Crippen LogP contribution < -0.4 is 10.1 Å². The van der Waals surface area contributed by atoms with Crippen molar-refractivity contribution >= 4 is 27.6 Å². The average Bonchev–Trinajstić information content (AvgIpc) is 2.84. The topological polar surface area (TPSA) is 102 Å². The third-order valence-corrected chi connectivity index (χ3v) is 6.97. The van der Waals surface area contributed by atoms with Gasteiger partial charge in [0.05, 0.1) is 16.1 Å². The molecule has 3 rings (SSSR count). The van der Waals surface area contributed by atoms with Crippen LogP contribution in [0.1, 0.15) is 24.2 Å². The van der Waals surface area contributed by atoms with E-state index in [0.29, 0.717) is 17.2 Å². The first-order valence-electron chi connectivity index (χ1n) is 10.6. The number of para-hydroxylation sites is 3. The van der Waals surface area contributed by atoms with E-state index in [9.17, 15) is 18.0 Å². The Morgan fingerprint density at radius 1 is 0.941 bits per heavy atom. The van der Waals surface area contributed by atoms with Crippen LogP contribution in [-0.4, -0.2) is 44.3 Å². The second-order valence-corrected chi connectivity index (χ2v) is 9.68. The van der Waals surface area contributed by atoms with Gasteiger partial charge in [0.2, 0.25) is 10.0 Å². The van der Waals surface area contributed by atoms with Gasteiger partial charge in [-0.25, -0.2) is 13.2 Å². The number of anilines is 1. The van der Waals surface area contributed by atoms with E-state index in [0.717, 1.165) is 0 Å². The SMILES string of the molecule is CC(C)N(C)S(=O)(=O)c1cccc(C(=O)OCC(=O)Nc2ccccc2Oc2ccccc2)c1. The zero-order valence-corrected chi connectivity index (χ0v) is 19.9. The summed E-state index contributed by atoms with van der Waals surface area (Å²) in [5.41, 5.74) is 0.441. The average molecular weight is 483 g/mol. The number of rotatable bonds is 9. The quantitative estimate of drug-likeness (QED) is 0.456. The number of benzene rings is 3. The zero-order valence-electron chi connectivity index (χ0n) is 19.1. The lowest BCUT2D eigenvalue weighted by Gasteiger charge is -2.21. The van der Waals surface area contributed by atoms with E-state index < -0.39 is 28.5 Å². The number of sulfonamides is 1. The second kappa shape index (κ2) is 11.0. The molecule has 0 fully saturated rings. The van der Waals surface area contributed by atoms with Crippen molar-refractivity contribution in [2.24, 2.45) is 0 Å². The molecule has 0 spiro atoms. The molecule has 178 valence electrons. The van der Waals surface area contributed by atoms with Crippen LogP contribution in [0, 0.1) is 0 Å². The summed E-state index contributed by atoms with van der Waals surface area (Å²) in [6, 6.07) is 21.2. The predicted octanol–water partition coefficient (Wildman–Crippen LogP) is 4.30. The van der Waals surface area contributed by atoms with Crippen molar-refractivity contribution in [2.45, 2.75) is 24.8 Å². The molecule has 0 bridgehead atoms. The Balaban J connectivity index is 1.64. The molecule has 1 N–H and O–H groups in total. The molecule has 0 aromatic heterocycles. The lowest BCUT2D eigenvalue weighted by molar-refractivity contribution is -0.119. The predicted molar refractivity (Wildman–Crippen MR) is 128 cm³/mol. The van der Waals surface area contributed by atoms with Crippen molar-refractivity contribution in [1.29, 1.82) is 0 Å². The first kappa shape index (κ1) is 24.9. The van der Waals surface area contributed by atoms with Crippen LogP contribution in [0.2, 0.25) is 0 Å². The minimum Gasteiger partial charge on any atom is -0.455 e. The normalized spacial score (nSPS) is 11.3. The molecule has 3 aromatic rings. The van der Waals surface area contributed by atoms with Crippen molar-refractivity contribution in [3.8, 4) is 11.5 Å². The van der Waals surface area contributed by atoms with Gasteiger partial charge in [0.15, 0.2) is 12.4 Å². The Bertz CT molecular complexity index is 1260. The van der Waals surface area contributed by atoms with E-state index in [-0.39, 0.29) is 16.5 Å². The van der Waals surface area contributed by atoms with Gasteiger partial charge in [-0.2, -0.15) is 4.31 Å². The number of carbonyl (C=O) groups is 2. The van der Waals surface area contributed by atoms with Crippen LogP contribution >= 0.6 is 0 Å². The number of ether oxygens (including phenoxy) is 2. The molecule has 0 unspecified atom stereocenters. The summed E-state index contributed by atoms with van der Waals surface area (Å²) in [4.78, 5) is 24.8. The summed E-state index contributed by atoms with van der Waals surface area (Å²) in [7, 11) is -2.30. The molecular weight excluding hydrogens is 456 g/mol. The highest BCUT2D eigenvalue weighted by molar-refractivity contribution is 7.89. The van der Waals surface area contributed by atoms with Crippen LogP contribution in [0.25, 0.3) is 0 Å². The third-order valence-electron chi connectivity index (χ3n) is 4.94. The van der Waals surface area contributed by atoms with E-state index in [1.54, 1.807) is 50.2 Å². The van der Waals surface area contributed by atoms with E-state index in [2.05, 4.69) is 5.32 Å². The van der Waals surface area contributed by atoms with Gasteiger partial charge in [0, 0.05) is 13.1 Å². The highest BCUT2D eigenvalue weighted by atomic mass is 32.2. The monoisotopic (exact) mass is 482 g/mol. The van der Waals surface area contributed by atoms with Crippen molar-refractivity contribution in [3.63, 3.8) is 0 Å². The number of hydrogen-bond acceptors (Lipinski definition) is 6. The van der Waals surface area contributed by atoms with Gasteiger partial charge in [-0.3, -0.25) is 4.79 Å². The summed E-state index contributed by atoms with van der Waals surface area (Å²) in [6.45, 7) is 2.94. The maximum atomic E-state index is 12.7. The van der Waals surface area contributed by atoms with Crippen molar-refractivity contribution in [2.75, 3.05) is 19.0 Å². The van der Waals surface area contributed by atoms with Gasteiger partial charge in [0.1, 0.15) is 5.75 Å². The molecule has 34 heavy (non-hydrogen) atoms. The summed E-state index contributed by atoms with van der Waals surface area (Å²) < 4.78 is 37.5. The molecule has 0 saturated heterocycles. The van der Waals surface area contributed by atoms with Crippen LogP contribution in [0.15, 0.2) is 83.8 Å². The van der Waals surface area contributed by atoms with Crippen molar-refractivity contribution in [3.05, 3.63) is 84.4 Å². The van der Waals surface area contributed by atoms with Gasteiger partial charge in [0.25, 0.3) is 5.91 Å². The van der Waals surface area contributed by atoms with Gasteiger partial charge in [-0.1, -0.05) is 36.4 Å². The Morgan fingerprint density at radius 3 is 2.32 bits per heavy atom. The fraction of sp³-hybridized carbons (Fsp3) is 0.200. The van der Waals surface area contributed by atoms with Crippen LogP contribution in [0.5, 0.6) is 11.5 Å². The Hall–Kier alpha value is -3.69. The van der Waals surface area contributed by atoms with Crippen LogP contribution in [-0.2, 0) is 19.6 Å². The molecular formula is C25H26N2O6S. The molecule has 0 aliphatic carbocycles. The Morgan fingerprint density at radius 2 is 1.62 bits per heavy atom. The molecule has 0 atom stereocenters. The number of nitrogens with one attached hydrogen (secondary N) is 1. The van der Waals surface area contributed by atoms with E-state index in [1.165, 1.54) is 35.6 Å². The minimum atomic E-state index is -3.76. The molecule has 0 radical (unpaired) electrons. The molecule has 3 aromatic carbocycles. The highest BCUT2D eigenvalue weighted by Gasteiger charge is 2.24. The zero-order chi connectivity index (χ0) is 24.7. The van der Waals surface area contributed by atoms with Gasteiger partial charge >= 0.3 is 5.97 Å². The van der Waals surface area contributed by atoms with Crippen LogP contribution in [0.3, 0.4) is 0 Å². The first-order valence-corrected chi connectivity index (χ1v) is 12.0. The largest absolute Gasteiger partial charge is 0.455 e. The highest BCUT2D eigenvalue weighted by Crippen LogP contribution is 2.29. The Labute approximate surface area is 199 Å². The maximum absolute atomic E-state index is 12.7. The Kier molecular flexibility index (Phi) is 8.04. The smallest absolute Gasteiger partial charge is 0.338 e. The fourth-order valence-corrected chi connectivity index (χ4v) is 4.32. The molecule has 9 heteroatoms. The molecule has 0 aliphatic rings. The van der Waals surface area contributed by atoms with Crippen molar-refractivity contribution in [1.82, 2.24) is 4.31 Å². The van der Waals surface area contributed by atoms with Crippen LogP contribution in [0.4, 0.5) is 5.69 Å². The maximum Gasteiger partial charge on any atom is 0.338 e. The summed E-state index contributed by atoms with van der Waals surface area (Å²) in [5.74, 6) is -0.344. The second-order valence-electron chi connectivity index (χ2n) is 7.68. The molecule has 0 saturated carbocycles. The fourth-order valence-electron chi connectivity index (χ4n) is 2.90. The lowest BCUT2D eigenvalue weighted by Crippen LogP contribution is -2.33.